The van der Waals surface area contributed by atoms with Crippen LogP contribution >= 0.6 is 11.6 Å². The summed E-state index contributed by atoms with van der Waals surface area (Å²) in [5, 5.41) is 7.55. The molecule has 3 aromatic rings. The van der Waals surface area contributed by atoms with Gasteiger partial charge in [-0.25, -0.2) is 0 Å². The lowest BCUT2D eigenvalue weighted by Crippen LogP contribution is -2.34. The van der Waals surface area contributed by atoms with E-state index in [-0.39, 0.29) is 23.9 Å². The second-order valence-electron chi connectivity index (χ2n) is 8.37. The van der Waals surface area contributed by atoms with Gasteiger partial charge < -0.3 is 14.4 Å². The molecular weight excluding hydrogens is 440 g/mol. The SMILES string of the molecule is Cc1cc(C)n(CC(=O)NCCC2=CCCCC2)c(=O)c1-c1nc(-c2ccc(Cl)cc2)no1. The van der Waals surface area contributed by atoms with Gasteiger partial charge in [-0.2, -0.15) is 4.98 Å². The Morgan fingerprint density at radius 2 is 2.00 bits per heavy atom. The number of benzene rings is 1. The van der Waals surface area contributed by atoms with Crippen molar-refractivity contribution in [3.63, 3.8) is 0 Å². The van der Waals surface area contributed by atoms with Crippen molar-refractivity contribution in [2.75, 3.05) is 6.54 Å². The number of nitrogens with one attached hydrogen (secondary N) is 1. The van der Waals surface area contributed by atoms with Gasteiger partial charge in [0.2, 0.25) is 11.7 Å². The molecule has 1 aromatic carbocycles. The first-order chi connectivity index (χ1) is 15.9. The molecule has 0 fully saturated rings. The number of carbonyl (C=O) groups is 1. The van der Waals surface area contributed by atoms with Crippen LogP contribution in [0.15, 0.2) is 51.3 Å². The zero-order chi connectivity index (χ0) is 23.4. The van der Waals surface area contributed by atoms with Crippen molar-refractivity contribution in [1.82, 2.24) is 20.0 Å². The van der Waals surface area contributed by atoms with E-state index in [4.69, 9.17) is 16.1 Å². The van der Waals surface area contributed by atoms with Crippen LogP contribution in [0.3, 0.4) is 0 Å². The van der Waals surface area contributed by atoms with Gasteiger partial charge in [0.15, 0.2) is 0 Å². The molecule has 1 N–H and O–H groups in total. The van der Waals surface area contributed by atoms with E-state index in [1.54, 1.807) is 24.3 Å². The van der Waals surface area contributed by atoms with Crippen molar-refractivity contribution in [1.29, 1.82) is 0 Å². The lowest BCUT2D eigenvalue weighted by molar-refractivity contribution is -0.121. The van der Waals surface area contributed by atoms with Crippen molar-refractivity contribution in [3.8, 4) is 22.8 Å². The monoisotopic (exact) mass is 466 g/mol. The number of allylic oxidation sites excluding steroid dienone is 1. The van der Waals surface area contributed by atoms with Crippen molar-refractivity contribution >= 4 is 17.5 Å². The third kappa shape index (κ3) is 5.42. The molecule has 1 aliphatic carbocycles. The smallest absolute Gasteiger partial charge is 0.264 e. The molecule has 0 spiro atoms. The fraction of sp³-hybridized carbons (Fsp3) is 0.360. The number of pyridine rings is 1. The number of halogens is 1. The van der Waals surface area contributed by atoms with Crippen LogP contribution < -0.4 is 10.9 Å². The summed E-state index contributed by atoms with van der Waals surface area (Å²) >= 11 is 5.94. The van der Waals surface area contributed by atoms with E-state index in [0.29, 0.717) is 34.2 Å². The summed E-state index contributed by atoms with van der Waals surface area (Å²) < 4.78 is 6.86. The predicted octanol–water partition coefficient (Wildman–Crippen LogP) is 4.84. The zero-order valence-electron chi connectivity index (χ0n) is 18.9. The Labute approximate surface area is 197 Å². The Morgan fingerprint density at radius 1 is 1.21 bits per heavy atom. The number of aryl methyl sites for hydroxylation is 2. The summed E-state index contributed by atoms with van der Waals surface area (Å²) in [5.74, 6) is 0.294. The van der Waals surface area contributed by atoms with E-state index >= 15 is 0 Å². The minimum atomic E-state index is -0.330. The molecule has 33 heavy (non-hydrogen) atoms. The summed E-state index contributed by atoms with van der Waals surface area (Å²) in [6.07, 6.45) is 7.83. The molecule has 0 unspecified atom stereocenters. The average Bonchev–Trinajstić information content (AvgIpc) is 3.27. The maximum Gasteiger partial charge on any atom is 0.264 e. The van der Waals surface area contributed by atoms with Crippen LogP contribution in [0.2, 0.25) is 5.02 Å². The highest BCUT2D eigenvalue weighted by Gasteiger charge is 2.20. The first-order valence-electron chi connectivity index (χ1n) is 11.2. The van der Waals surface area contributed by atoms with Crippen LogP contribution in [-0.4, -0.2) is 27.2 Å². The largest absolute Gasteiger partial charge is 0.354 e. The lowest BCUT2D eigenvalue weighted by Gasteiger charge is -2.15. The maximum atomic E-state index is 13.3. The number of rotatable bonds is 7. The van der Waals surface area contributed by atoms with Gasteiger partial charge in [-0.05, 0) is 81.8 Å². The van der Waals surface area contributed by atoms with Crippen LogP contribution in [0, 0.1) is 13.8 Å². The molecular formula is C25H27ClN4O3. The Morgan fingerprint density at radius 3 is 2.73 bits per heavy atom. The lowest BCUT2D eigenvalue weighted by atomic mass is 9.97. The highest BCUT2D eigenvalue weighted by Crippen LogP contribution is 2.24. The standard InChI is InChI=1S/C25H27ClN4O3/c1-16-14-17(2)30(15-21(31)27-13-12-18-6-4-3-5-7-18)25(32)22(16)24-28-23(29-33-24)19-8-10-20(26)11-9-19/h6,8-11,14H,3-5,7,12-13,15H2,1-2H3,(H,27,31). The molecule has 4 rings (SSSR count). The van der Waals surface area contributed by atoms with Gasteiger partial charge in [0.1, 0.15) is 12.1 Å². The van der Waals surface area contributed by atoms with Crippen molar-refractivity contribution in [3.05, 3.63) is 68.6 Å². The molecule has 0 saturated carbocycles. The normalized spacial score (nSPS) is 13.6. The fourth-order valence-corrected chi connectivity index (χ4v) is 4.24. The summed E-state index contributed by atoms with van der Waals surface area (Å²) in [5.41, 5.74) is 3.51. The van der Waals surface area contributed by atoms with E-state index in [9.17, 15) is 9.59 Å². The fourth-order valence-electron chi connectivity index (χ4n) is 4.12. The van der Waals surface area contributed by atoms with Gasteiger partial charge in [-0.3, -0.25) is 9.59 Å². The second-order valence-corrected chi connectivity index (χ2v) is 8.81. The molecule has 172 valence electrons. The molecule has 0 saturated heterocycles. The second kappa shape index (κ2) is 10.2. The van der Waals surface area contributed by atoms with Gasteiger partial charge in [-0.15, -0.1) is 0 Å². The van der Waals surface area contributed by atoms with Crippen LogP contribution in [0.4, 0.5) is 0 Å². The van der Waals surface area contributed by atoms with Crippen molar-refractivity contribution in [2.24, 2.45) is 0 Å². The molecule has 8 heteroatoms. The summed E-state index contributed by atoms with van der Waals surface area (Å²) in [6.45, 7) is 4.14. The van der Waals surface area contributed by atoms with E-state index in [0.717, 1.165) is 24.8 Å². The van der Waals surface area contributed by atoms with Crippen LogP contribution in [0.1, 0.15) is 43.4 Å². The topological polar surface area (TPSA) is 90.0 Å². The Balaban J connectivity index is 1.51. The quantitative estimate of drug-likeness (QED) is 0.503. The van der Waals surface area contributed by atoms with E-state index in [1.165, 1.54) is 23.0 Å². The number of carbonyl (C=O) groups excluding carboxylic acids is 1. The molecule has 0 radical (unpaired) electrons. The first-order valence-corrected chi connectivity index (χ1v) is 11.6. The summed E-state index contributed by atoms with van der Waals surface area (Å²) in [7, 11) is 0. The van der Waals surface area contributed by atoms with Gasteiger partial charge in [0.25, 0.3) is 11.4 Å². The number of hydrogen-bond acceptors (Lipinski definition) is 5. The van der Waals surface area contributed by atoms with Crippen LogP contribution in [-0.2, 0) is 11.3 Å². The van der Waals surface area contributed by atoms with Gasteiger partial charge in [0.05, 0.1) is 0 Å². The minimum Gasteiger partial charge on any atom is -0.354 e. The predicted molar refractivity (Wildman–Crippen MR) is 128 cm³/mol. The first kappa shape index (κ1) is 23.0. The maximum absolute atomic E-state index is 13.3. The van der Waals surface area contributed by atoms with Crippen molar-refractivity contribution < 1.29 is 9.32 Å². The molecule has 2 heterocycles. The molecule has 1 aliphatic rings. The minimum absolute atomic E-state index is 0.0603. The Hall–Kier alpha value is -3.19. The number of nitrogens with zero attached hydrogens (tertiary/aromatic N) is 3. The van der Waals surface area contributed by atoms with Gasteiger partial charge in [0, 0.05) is 22.8 Å². The highest BCUT2D eigenvalue weighted by molar-refractivity contribution is 6.30. The van der Waals surface area contributed by atoms with E-state index < -0.39 is 0 Å². The molecule has 0 aliphatic heterocycles. The Bertz CT molecular complexity index is 1240. The third-order valence-electron chi connectivity index (χ3n) is 5.90. The summed E-state index contributed by atoms with van der Waals surface area (Å²) in [6, 6.07) is 8.89. The molecule has 7 nitrogen and oxygen atoms in total. The van der Waals surface area contributed by atoms with Crippen molar-refractivity contribution in [2.45, 2.75) is 52.5 Å². The van der Waals surface area contributed by atoms with Gasteiger partial charge in [-0.1, -0.05) is 28.4 Å². The molecule has 0 atom stereocenters. The molecule has 1 amide bonds. The highest BCUT2D eigenvalue weighted by atomic mass is 35.5. The number of aromatic nitrogens is 3. The van der Waals surface area contributed by atoms with Gasteiger partial charge >= 0.3 is 0 Å². The molecule has 0 bridgehead atoms. The molecule has 2 aromatic heterocycles. The van der Waals surface area contributed by atoms with Crippen LogP contribution in [0.5, 0.6) is 0 Å². The third-order valence-corrected chi connectivity index (χ3v) is 6.15. The number of amides is 1. The van der Waals surface area contributed by atoms with E-state index in [2.05, 4.69) is 21.5 Å². The number of hydrogen-bond donors (Lipinski definition) is 1. The summed E-state index contributed by atoms with van der Waals surface area (Å²) in [4.78, 5) is 30.3. The average molecular weight is 467 g/mol. The Kier molecular flexibility index (Phi) is 7.08. The van der Waals surface area contributed by atoms with Crippen LogP contribution in [0.25, 0.3) is 22.8 Å². The zero-order valence-corrected chi connectivity index (χ0v) is 19.6. The van der Waals surface area contributed by atoms with E-state index in [1.807, 2.05) is 19.9 Å².